The van der Waals surface area contributed by atoms with Crippen molar-refractivity contribution < 1.29 is 9.53 Å². The van der Waals surface area contributed by atoms with Crippen molar-refractivity contribution in [2.24, 2.45) is 0 Å². The lowest BCUT2D eigenvalue weighted by Gasteiger charge is -2.09. The molecule has 1 amide bonds. The minimum absolute atomic E-state index is 0.134. The minimum Gasteiger partial charge on any atom is -0.497 e. The Morgan fingerprint density at radius 3 is 2.91 bits per heavy atom. The molecule has 0 aliphatic rings. The molecular formula is C15H17BrN4O2. The third kappa shape index (κ3) is 4.70. The van der Waals surface area contributed by atoms with Gasteiger partial charge in [0.1, 0.15) is 11.6 Å². The van der Waals surface area contributed by atoms with E-state index in [1.165, 1.54) is 0 Å². The number of ether oxygens (including phenoxy) is 1. The van der Waals surface area contributed by atoms with Crippen molar-refractivity contribution >= 4 is 27.7 Å². The summed E-state index contributed by atoms with van der Waals surface area (Å²) in [6.07, 6.45) is 5.69. The standard InChI is InChI=1S/C15H17BrN4O2/c1-22-11-3-4-13(16)12(9-11)15(21)20-6-2-5-18-14-10-17-7-8-19-14/h3-4,7-10H,2,5-6H2,1H3,(H,18,19)(H,20,21). The number of anilines is 1. The molecule has 1 heterocycles. The summed E-state index contributed by atoms with van der Waals surface area (Å²) < 4.78 is 5.87. The van der Waals surface area contributed by atoms with Gasteiger partial charge in [0.25, 0.3) is 5.91 Å². The van der Waals surface area contributed by atoms with Gasteiger partial charge < -0.3 is 15.4 Å². The van der Waals surface area contributed by atoms with E-state index < -0.39 is 0 Å². The number of hydrogen-bond acceptors (Lipinski definition) is 5. The Labute approximate surface area is 137 Å². The lowest BCUT2D eigenvalue weighted by molar-refractivity contribution is 0.0952. The van der Waals surface area contributed by atoms with Crippen molar-refractivity contribution in [2.45, 2.75) is 6.42 Å². The molecular weight excluding hydrogens is 348 g/mol. The average Bonchev–Trinajstić information content (AvgIpc) is 2.55. The summed E-state index contributed by atoms with van der Waals surface area (Å²) in [5.41, 5.74) is 0.557. The first-order valence-corrected chi connectivity index (χ1v) is 7.61. The first-order chi connectivity index (χ1) is 10.7. The van der Waals surface area contributed by atoms with Gasteiger partial charge in [0.2, 0.25) is 0 Å². The van der Waals surface area contributed by atoms with Crippen molar-refractivity contribution in [3.8, 4) is 5.75 Å². The lowest BCUT2D eigenvalue weighted by Crippen LogP contribution is -2.26. The second kappa shape index (κ2) is 8.33. The summed E-state index contributed by atoms with van der Waals surface area (Å²) in [5.74, 6) is 1.24. The second-order valence-electron chi connectivity index (χ2n) is 4.47. The van der Waals surface area contributed by atoms with Crippen LogP contribution in [-0.4, -0.2) is 36.1 Å². The number of amides is 1. The molecule has 1 aromatic heterocycles. The van der Waals surface area contributed by atoms with E-state index in [-0.39, 0.29) is 5.91 Å². The second-order valence-corrected chi connectivity index (χ2v) is 5.33. The molecule has 0 radical (unpaired) electrons. The van der Waals surface area contributed by atoms with Crippen molar-refractivity contribution in [3.63, 3.8) is 0 Å². The number of halogens is 1. The molecule has 0 unspecified atom stereocenters. The lowest BCUT2D eigenvalue weighted by atomic mass is 10.2. The zero-order valence-electron chi connectivity index (χ0n) is 12.2. The highest BCUT2D eigenvalue weighted by molar-refractivity contribution is 9.10. The Bertz CT molecular complexity index is 622. The van der Waals surface area contributed by atoms with Crippen molar-refractivity contribution in [1.82, 2.24) is 15.3 Å². The van der Waals surface area contributed by atoms with Gasteiger partial charge in [-0.2, -0.15) is 0 Å². The maximum atomic E-state index is 12.1. The third-order valence-corrected chi connectivity index (χ3v) is 3.62. The highest BCUT2D eigenvalue weighted by Gasteiger charge is 2.10. The van der Waals surface area contributed by atoms with Crippen LogP contribution in [0.1, 0.15) is 16.8 Å². The Balaban J connectivity index is 1.76. The van der Waals surface area contributed by atoms with E-state index in [2.05, 4.69) is 36.5 Å². The van der Waals surface area contributed by atoms with Crippen LogP contribution in [0.25, 0.3) is 0 Å². The largest absolute Gasteiger partial charge is 0.497 e. The molecule has 116 valence electrons. The number of methoxy groups -OCH3 is 1. The van der Waals surface area contributed by atoms with E-state index in [0.717, 1.165) is 16.7 Å². The highest BCUT2D eigenvalue weighted by atomic mass is 79.9. The Kier molecular flexibility index (Phi) is 6.14. The fourth-order valence-electron chi connectivity index (χ4n) is 1.80. The molecule has 0 saturated heterocycles. The summed E-state index contributed by atoms with van der Waals surface area (Å²) in [7, 11) is 1.57. The third-order valence-electron chi connectivity index (χ3n) is 2.93. The molecule has 0 aliphatic carbocycles. The Morgan fingerprint density at radius 2 is 2.18 bits per heavy atom. The fourth-order valence-corrected chi connectivity index (χ4v) is 2.22. The molecule has 0 saturated carbocycles. The van der Waals surface area contributed by atoms with Gasteiger partial charge in [-0.15, -0.1) is 0 Å². The maximum absolute atomic E-state index is 12.1. The molecule has 0 atom stereocenters. The predicted molar refractivity (Wildman–Crippen MR) is 88.2 cm³/mol. The summed E-state index contributed by atoms with van der Waals surface area (Å²) in [4.78, 5) is 20.2. The van der Waals surface area contributed by atoms with Gasteiger partial charge in [-0.05, 0) is 40.5 Å². The molecule has 6 nitrogen and oxygen atoms in total. The molecule has 2 N–H and O–H groups in total. The van der Waals surface area contributed by atoms with Crippen molar-refractivity contribution in [1.29, 1.82) is 0 Å². The number of nitrogens with zero attached hydrogens (tertiary/aromatic N) is 2. The Morgan fingerprint density at radius 1 is 1.32 bits per heavy atom. The summed E-state index contributed by atoms with van der Waals surface area (Å²) in [6.45, 7) is 1.27. The van der Waals surface area contributed by atoms with Crippen LogP contribution in [0.5, 0.6) is 5.75 Å². The van der Waals surface area contributed by atoms with Gasteiger partial charge in [0.05, 0.1) is 18.9 Å². The van der Waals surface area contributed by atoms with Crippen LogP contribution in [0, 0.1) is 0 Å². The van der Waals surface area contributed by atoms with Crippen LogP contribution in [0.2, 0.25) is 0 Å². The van der Waals surface area contributed by atoms with Crippen LogP contribution in [0.4, 0.5) is 5.82 Å². The topological polar surface area (TPSA) is 76.1 Å². The summed E-state index contributed by atoms with van der Waals surface area (Å²) >= 11 is 3.37. The van der Waals surface area contributed by atoms with Gasteiger partial charge in [-0.1, -0.05) is 0 Å². The molecule has 2 rings (SSSR count). The number of rotatable bonds is 7. The maximum Gasteiger partial charge on any atom is 0.252 e. The summed E-state index contributed by atoms with van der Waals surface area (Å²) in [6, 6.07) is 5.30. The highest BCUT2D eigenvalue weighted by Crippen LogP contribution is 2.22. The molecule has 0 spiro atoms. The van der Waals surface area contributed by atoms with E-state index in [0.29, 0.717) is 24.4 Å². The van der Waals surface area contributed by atoms with E-state index in [1.807, 2.05) is 0 Å². The molecule has 7 heteroatoms. The molecule has 1 aromatic carbocycles. The van der Waals surface area contributed by atoms with E-state index in [9.17, 15) is 4.79 Å². The number of carbonyl (C=O) groups excluding carboxylic acids is 1. The van der Waals surface area contributed by atoms with Crippen molar-refractivity contribution in [3.05, 3.63) is 46.8 Å². The zero-order valence-corrected chi connectivity index (χ0v) is 13.8. The number of aromatic nitrogens is 2. The summed E-state index contributed by atoms with van der Waals surface area (Å²) in [5, 5.41) is 6.01. The van der Waals surface area contributed by atoms with E-state index in [4.69, 9.17) is 4.74 Å². The molecule has 22 heavy (non-hydrogen) atoms. The van der Waals surface area contributed by atoms with Crippen LogP contribution >= 0.6 is 15.9 Å². The molecule has 0 fully saturated rings. The van der Waals surface area contributed by atoms with Gasteiger partial charge in [0.15, 0.2) is 0 Å². The first kappa shape index (κ1) is 16.2. The van der Waals surface area contributed by atoms with Crippen LogP contribution in [0.3, 0.4) is 0 Å². The average molecular weight is 365 g/mol. The van der Waals surface area contributed by atoms with Gasteiger partial charge in [-0.3, -0.25) is 9.78 Å². The van der Waals surface area contributed by atoms with E-state index in [1.54, 1.807) is 43.9 Å². The van der Waals surface area contributed by atoms with E-state index >= 15 is 0 Å². The minimum atomic E-state index is -0.134. The van der Waals surface area contributed by atoms with Gasteiger partial charge >= 0.3 is 0 Å². The Hall–Kier alpha value is -2.15. The molecule has 0 bridgehead atoms. The number of benzene rings is 1. The smallest absolute Gasteiger partial charge is 0.252 e. The predicted octanol–water partition coefficient (Wildman–Crippen LogP) is 2.48. The van der Waals surface area contributed by atoms with Gasteiger partial charge in [-0.25, -0.2) is 4.98 Å². The van der Waals surface area contributed by atoms with Crippen LogP contribution in [-0.2, 0) is 0 Å². The SMILES string of the molecule is COc1ccc(Br)c(C(=O)NCCCNc2cnccn2)c1. The van der Waals surface area contributed by atoms with Crippen LogP contribution < -0.4 is 15.4 Å². The van der Waals surface area contributed by atoms with Crippen molar-refractivity contribution in [2.75, 3.05) is 25.5 Å². The van der Waals surface area contributed by atoms with Gasteiger partial charge in [0, 0.05) is 30.0 Å². The number of carbonyl (C=O) groups is 1. The quantitative estimate of drug-likeness (QED) is 0.738. The molecule has 2 aromatic rings. The monoisotopic (exact) mass is 364 g/mol. The first-order valence-electron chi connectivity index (χ1n) is 6.82. The molecule has 0 aliphatic heterocycles. The fraction of sp³-hybridized carbons (Fsp3) is 0.267. The zero-order chi connectivity index (χ0) is 15.8. The number of nitrogens with one attached hydrogen (secondary N) is 2. The van der Waals surface area contributed by atoms with Crippen LogP contribution in [0.15, 0.2) is 41.3 Å². The number of hydrogen-bond donors (Lipinski definition) is 2. The normalized spacial score (nSPS) is 10.1.